The maximum Gasteiger partial charge on any atom is 0.417 e. The van der Waals surface area contributed by atoms with Crippen LogP contribution in [-0.4, -0.2) is 46.5 Å². The first-order chi connectivity index (χ1) is 11.7. The van der Waals surface area contributed by atoms with Gasteiger partial charge in [-0.15, -0.1) is 0 Å². The van der Waals surface area contributed by atoms with Gasteiger partial charge in [-0.05, 0) is 18.9 Å². The first kappa shape index (κ1) is 19.3. The van der Waals surface area contributed by atoms with Crippen LogP contribution in [0.4, 0.5) is 19.0 Å². The van der Waals surface area contributed by atoms with Crippen molar-refractivity contribution in [3.8, 4) is 0 Å². The molecule has 6 nitrogen and oxygen atoms in total. The Kier molecular flexibility index (Phi) is 6.10. The van der Waals surface area contributed by atoms with E-state index in [-0.39, 0.29) is 36.3 Å². The largest absolute Gasteiger partial charge is 0.481 e. The predicted octanol–water partition coefficient (Wildman–Crippen LogP) is 2.88. The number of nitrogens with one attached hydrogen (secondary N) is 1. The molecule has 1 aliphatic heterocycles. The summed E-state index contributed by atoms with van der Waals surface area (Å²) in [5.74, 6) is -1.64. The number of halogens is 4. The van der Waals surface area contributed by atoms with Gasteiger partial charge in [-0.25, -0.2) is 4.98 Å². The molecule has 25 heavy (non-hydrogen) atoms. The second kappa shape index (κ2) is 7.90. The number of pyridine rings is 1. The molecule has 1 fully saturated rings. The van der Waals surface area contributed by atoms with Gasteiger partial charge in [0.25, 0.3) is 0 Å². The lowest BCUT2D eigenvalue weighted by Crippen LogP contribution is -2.42. The first-order valence-corrected chi connectivity index (χ1v) is 8.03. The lowest BCUT2D eigenvalue weighted by molar-refractivity contribution is -0.145. The van der Waals surface area contributed by atoms with Crippen LogP contribution < -0.4 is 5.32 Å². The SMILES string of the molecule is O=C(O)C1CCCN(C(=O)CCNc2ncc(C(F)(F)F)cc2Cl)C1. The Morgan fingerprint density at radius 1 is 1.44 bits per heavy atom. The quantitative estimate of drug-likeness (QED) is 0.822. The molecule has 1 aromatic heterocycles. The smallest absolute Gasteiger partial charge is 0.417 e. The fraction of sp³-hybridized carbons (Fsp3) is 0.533. The van der Waals surface area contributed by atoms with E-state index in [1.165, 1.54) is 4.90 Å². The average Bonchev–Trinajstić information content (AvgIpc) is 2.55. The van der Waals surface area contributed by atoms with E-state index in [9.17, 15) is 22.8 Å². The van der Waals surface area contributed by atoms with Gasteiger partial charge in [-0.1, -0.05) is 11.6 Å². The maximum atomic E-state index is 12.5. The summed E-state index contributed by atoms with van der Waals surface area (Å²) in [6.45, 7) is 0.806. The molecule has 1 saturated heterocycles. The molecule has 138 valence electrons. The van der Waals surface area contributed by atoms with Crippen LogP contribution in [0.3, 0.4) is 0 Å². The number of likely N-dealkylation sites (tertiary alicyclic amines) is 1. The third-order valence-electron chi connectivity index (χ3n) is 3.92. The molecule has 0 radical (unpaired) electrons. The van der Waals surface area contributed by atoms with Crippen LogP contribution in [0.25, 0.3) is 0 Å². The molecule has 0 aromatic carbocycles. The molecule has 0 bridgehead atoms. The van der Waals surface area contributed by atoms with Crippen LogP contribution in [0.2, 0.25) is 5.02 Å². The number of carbonyl (C=O) groups is 2. The van der Waals surface area contributed by atoms with Crippen molar-refractivity contribution in [1.29, 1.82) is 0 Å². The Labute approximate surface area is 147 Å². The van der Waals surface area contributed by atoms with Gasteiger partial charge in [0.2, 0.25) is 5.91 Å². The van der Waals surface area contributed by atoms with E-state index >= 15 is 0 Å². The Morgan fingerprint density at radius 3 is 2.76 bits per heavy atom. The highest BCUT2D eigenvalue weighted by Gasteiger charge is 2.31. The monoisotopic (exact) mass is 379 g/mol. The molecule has 1 aliphatic rings. The lowest BCUT2D eigenvalue weighted by Gasteiger charge is -2.30. The molecule has 2 rings (SSSR count). The number of carbonyl (C=O) groups excluding carboxylic acids is 1. The summed E-state index contributed by atoms with van der Waals surface area (Å²) in [4.78, 5) is 28.2. The number of nitrogens with zero attached hydrogens (tertiary/aromatic N) is 2. The summed E-state index contributed by atoms with van der Waals surface area (Å²) in [6.07, 6.45) is -2.63. The van der Waals surface area contributed by atoms with Gasteiger partial charge in [-0.3, -0.25) is 9.59 Å². The number of carboxylic acid groups (broad SMARTS) is 1. The van der Waals surface area contributed by atoms with Gasteiger partial charge < -0.3 is 15.3 Å². The molecule has 10 heteroatoms. The summed E-state index contributed by atoms with van der Waals surface area (Å²) >= 11 is 5.77. The van der Waals surface area contributed by atoms with Gasteiger partial charge in [0.05, 0.1) is 16.5 Å². The van der Waals surface area contributed by atoms with E-state index in [0.717, 1.165) is 6.07 Å². The van der Waals surface area contributed by atoms with Gasteiger partial charge >= 0.3 is 12.1 Å². The minimum absolute atomic E-state index is 0.0597. The Morgan fingerprint density at radius 2 is 2.16 bits per heavy atom. The normalized spacial score (nSPS) is 18.1. The standard InChI is InChI=1S/C15H17ClF3N3O3/c16-11-6-10(15(17,18)19)7-21-13(11)20-4-3-12(23)22-5-1-2-9(8-22)14(24)25/h6-7,9H,1-5,8H2,(H,20,21)(H,24,25). The first-order valence-electron chi connectivity index (χ1n) is 7.65. The zero-order valence-corrected chi connectivity index (χ0v) is 13.9. The number of aromatic nitrogens is 1. The zero-order chi connectivity index (χ0) is 18.6. The van der Waals surface area contributed by atoms with E-state index in [2.05, 4.69) is 10.3 Å². The average molecular weight is 380 g/mol. The van der Waals surface area contributed by atoms with Crippen LogP contribution in [0, 0.1) is 5.92 Å². The summed E-state index contributed by atoms with van der Waals surface area (Å²) in [5.41, 5.74) is -0.952. The highest BCUT2D eigenvalue weighted by atomic mass is 35.5. The van der Waals surface area contributed by atoms with E-state index < -0.39 is 23.6 Å². The van der Waals surface area contributed by atoms with Crippen molar-refractivity contribution in [1.82, 2.24) is 9.88 Å². The van der Waals surface area contributed by atoms with Crippen molar-refractivity contribution in [3.05, 3.63) is 22.8 Å². The molecule has 1 atom stereocenters. The number of hydrogen-bond acceptors (Lipinski definition) is 4. The Hall–Kier alpha value is -2.03. The molecule has 0 aliphatic carbocycles. The number of carboxylic acids is 1. The Balaban J connectivity index is 1.86. The number of alkyl halides is 3. The van der Waals surface area contributed by atoms with Crippen LogP contribution >= 0.6 is 11.6 Å². The maximum absolute atomic E-state index is 12.5. The van der Waals surface area contributed by atoms with Gasteiger partial charge in [0, 0.05) is 32.3 Å². The number of anilines is 1. The predicted molar refractivity (Wildman–Crippen MR) is 84.3 cm³/mol. The fourth-order valence-electron chi connectivity index (χ4n) is 2.57. The summed E-state index contributed by atoms with van der Waals surface area (Å²) < 4.78 is 37.6. The zero-order valence-electron chi connectivity index (χ0n) is 13.1. The molecule has 2 heterocycles. The highest BCUT2D eigenvalue weighted by molar-refractivity contribution is 6.32. The number of piperidine rings is 1. The third kappa shape index (κ3) is 5.22. The van der Waals surface area contributed by atoms with Gasteiger partial charge in [0.1, 0.15) is 5.82 Å². The van der Waals surface area contributed by atoms with Crippen molar-refractivity contribution >= 4 is 29.3 Å². The van der Waals surface area contributed by atoms with Crippen molar-refractivity contribution in [2.75, 3.05) is 25.0 Å². The summed E-state index contributed by atoms with van der Waals surface area (Å²) in [6, 6.07) is 0.765. The van der Waals surface area contributed by atoms with Crippen LogP contribution in [-0.2, 0) is 15.8 Å². The molecule has 1 unspecified atom stereocenters. The van der Waals surface area contributed by atoms with Crippen LogP contribution in [0.5, 0.6) is 0 Å². The number of aliphatic carboxylic acids is 1. The molecule has 1 aromatic rings. The fourth-order valence-corrected chi connectivity index (χ4v) is 2.81. The summed E-state index contributed by atoms with van der Waals surface area (Å²) in [7, 11) is 0. The van der Waals surface area contributed by atoms with E-state index in [1.807, 2.05) is 0 Å². The van der Waals surface area contributed by atoms with Gasteiger partial charge in [0.15, 0.2) is 0 Å². The Bertz CT molecular complexity index is 655. The summed E-state index contributed by atoms with van der Waals surface area (Å²) in [5, 5.41) is 11.6. The van der Waals surface area contributed by atoms with E-state index in [0.29, 0.717) is 25.6 Å². The lowest BCUT2D eigenvalue weighted by atomic mass is 9.98. The second-order valence-corrected chi connectivity index (χ2v) is 6.15. The topological polar surface area (TPSA) is 82.5 Å². The van der Waals surface area contributed by atoms with Crippen LogP contribution in [0.1, 0.15) is 24.8 Å². The van der Waals surface area contributed by atoms with Crippen molar-refractivity contribution in [2.45, 2.75) is 25.4 Å². The van der Waals surface area contributed by atoms with E-state index in [1.54, 1.807) is 0 Å². The van der Waals surface area contributed by atoms with Crippen LogP contribution in [0.15, 0.2) is 12.3 Å². The van der Waals surface area contributed by atoms with Crippen molar-refractivity contribution in [2.24, 2.45) is 5.92 Å². The molecule has 2 N–H and O–H groups in total. The van der Waals surface area contributed by atoms with Gasteiger partial charge in [-0.2, -0.15) is 13.2 Å². The highest BCUT2D eigenvalue weighted by Crippen LogP contribution is 2.32. The number of hydrogen-bond donors (Lipinski definition) is 2. The molecular weight excluding hydrogens is 363 g/mol. The molecular formula is C15H17ClF3N3O3. The number of amides is 1. The molecule has 0 spiro atoms. The van der Waals surface area contributed by atoms with E-state index in [4.69, 9.17) is 16.7 Å². The minimum atomic E-state index is -4.53. The second-order valence-electron chi connectivity index (χ2n) is 5.75. The minimum Gasteiger partial charge on any atom is -0.481 e. The molecule has 0 saturated carbocycles. The third-order valence-corrected chi connectivity index (χ3v) is 4.21. The van der Waals surface area contributed by atoms with Crippen molar-refractivity contribution in [3.63, 3.8) is 0 Å². The number of rotatable bonds is 5. The van der Waals surface area contributed by atoms with Crippen molar-refractivity contribution < 1.29 is 27.9 Å². The molecule has 1 amide bonds.